The Morgan fingerprint density at radius 2 is 1.79 bits per heavy atom. The van der Waals surface area contributed by atoms with Gasteiger partial charge in [-0.15, -0.1) is 5.10 Å². The predicted octanol–water partition coefficient (Wildman–Crippen LogP) is 3.85. The van der Waals surface area contributed by atoms with Crippen LogP contribution in [0.25, 0.3) is 33.8 Å². The zero-order valence-electron chi connectivity index (χ0n) is 14.0. The number of aromatic nitrogens is 6. The number of phenols is 2. The second-order valence-electron chi connectivity index (χ2n) is 6.04. The standard InChI is InChI=1S/C18H10Cl2N6O2/c19-13-4-1-9(5-14(13)20)26-17-12(7-22-26)18-23-16(24-25(18)8-21-17)11-3-2-10(27)6-15(11)28/h1-8,27-28H. The Balaban J connectivity index is 1.69. The minimum absolute atomic E-state index is 0.0445. The number of nitrogens with zero attached hydrogens (tertiary/aromatic N) is 6. The summed E-state index contributed by atoms with van der Waals surface area (Å²) < 4.78 is 3.13. The van der Waals surface area contributed by atoms with Crippen LogP contribution in [0.4, 0.5) is 0 Å². The quantitative estimate of drug-likeness (QED) is 0.456. The van der Waals surface area contributed by atoms with Crippen molar-refractivity contribution in [1.29, 1.82) is 0 Å². The fourth-order valence-corrected chi connectivity index (χ4v) is 3.24. The lowest BCUT2D eigenvalue weighted by atomic mass is 10.2. The van der Waals surface area contributed by atoms with E-state index in [0.29, 0.717) is 43.8 Å². The Kier molecular flexibility index (Phi) is 3.65. The van der Waals surface area contributed by atoms with E-state index in [4.69, 9.17) is 23.2 Å². The van der Waals surface area contributed by atoms with Gasteiger partial charge < -0.3 is 10.2 Å². The van der Waals surface area contributed by atoms with E-state index < -0.39 is 0 Å². The number of hydrogen-bond donors (Lipinski definition) is 2. The molecular weight excluding hydrogens is 403 g/mol. The van der Waals surface area contributed by atoms with Crippen molar-refractivity contribution in [2.45, 2.75) is 0 Å². The summed E-state index contributed by atoms with van der Waals surface area (Å²) in [7, 11) is 0. The average molecular weight is 413 g/mol. The van der Waals surface area contributed by atoms with Gasteiger partial charge in [0.25, 0.3) is 0 Å². The molecular formula is C18H10Cl2N6O2. The van der Waals surface area contributed by atoms with Gasteiger partial charge in [-0.05, 0) is 30.3 Å². The first-order valence-electron chi connectivity index (χ1n) is 8.08. The molecule has 0 fully saturated rings. The van der Waals surface area contributed by atoms with Crippen molar-refractivity contribution in [3.8, 4) is 28.6 Å². The molecule has 0 aliphatic carbocycles. The van der Waals surface area contributed by atoms with Crippen LogP contribution in [-0.2, 0) is 0 Å². The molecule has 3 aromatic heterocycles. The van der Waals surface area contributed by atoms with Crippen molar-refractivity contribution in [1.82, 2.24) is 29.4 Å². The molecule has 5 rings (SSSR count). The molecule has 0 aliphatic heterocycles. The van der Waals surface area contributed by atoms with Crippen molar-refractivity contribution < 1.29 is 10.2 Å². The first kappa shape index (κ1) is 16.8. The van der Waals surface area contributed by atoms with E-state index in [9.17, 15) is 10.2 Å². The highest BCUT2D eigenvalue weighted by atomic mass is 35.5. The second kappa shape index (κ2) is 6.08. The zero-order valence-corrected chi connectivity index (χ0v) is 15.5. The van der Waals surface area contributed by atoms with E-state index in [1.807, 2.05) is 0 Å². The third-order valence-electron chi connectivity index (χ3n) is 4.28. The van der Waals surface area contributed by atoms with Gasteiger partial charge in [-0.1, -0.05) is 23.2 Å². The lowest BCUT2D eigenvalue weighted by Crippen LogP contribution is -1.99. The van der Waals surface area contributed by atoms with Gasteiger partial charge in [-0.25, -0.2) is 19.2 Å². The zero-order chi connectivity index (χ0) is 19.4. The maximum absolute atomic E-state index is 10.1. The number of phenolic OH excluding ortho intramolecular Hbond substituents is 2. The van der Waals surface area contributed by atoms with E-state index in [1.165, 1.54) is 23.0 Å². The molecule has 0 spiro atoms. The van der Waals surface area contributed by atoms with Crippen molar-refractivity contribution in [2.24, 2.45) is 0 Å². The van der Waals surface area contributed by atoms with Gasteiger partial charge in [0.1, 0.15) is 17.8 Å². The highest BCUT2D eigenvalue weighted by Gasteiger charge is 2.16. The molecule has 28 heavy (non-hydrogen) atoms. The fraction of sp³-hybridized carbons (Fsp3) is 0. The molecule has 0 aliphatic rings. The van der Waals surface area contributed by atoms with E-state index in [1.54, 1.807) is 35.1 Å². The van der Waals surface area contributed by atoms with Crippen LogP contribution in [0.2, 0.25) is 10.0 Å². The summed E-state index contributed by atoms with van der Waals surface area (Å²) in [6.45, 7) is 0. The van der Waals surface area contributed by atoms with Crippen LogP contribution in [-0.4, -0.2) is 39.6 Å². The summed E-state index contributed by atoms with van der Waals surface area (Å²) in [5.41, 5.74) is 2.20. The van der Waals surface area contributed by atoms with Crippen LogP contribution in [0.5, 0.6) is 11.5 Å². The summed E-state index contributed by atoms with van der Waals surface area (Å²) >= 11 is 12.1. The average Bonchev–Trinajstić information content (AvgIpc) is 3.27. The number of rotatable bonds is 2. The first-order chi connectivity index (χ1) is 13.5. The molecule has 0 radical (unpaired) electrons. The minimum atomic E-state index is -0.119. The Morgan fingerprint density at radius 3 is 2.57 bits per heavy atom. The SMILES string of the molecule is Oc1ccc(-c2nc3c4cnn(-c5ccc(Cl)c(Cl)c5)c4ncn3n2)c(O)c1. The van der Waals surface area contributed by atoms with Crippen molar-refractivity contribution >= 4 is 39.9 Å². The number of aromatic hydroxyl groups is 2. The van der Waals surface area contributed by atoms with Gasteiger partial charge >= 0.3 is 0 Å². The van der Waals surface area contributed by atoms with Gasteiger partial charge in [-0.3, -0.25) is 0 Å². The summed E-state index contributed by atoms with van der Waals surface area (Å²) in [6.07, 6.45) is 3.15. The lowest BCUT2D eigenvalue weighted by molar-refractivity contribution is 0.451. The van der Waals surface area contributed by atoms with Crippen LogP contribution in [0.15, 0.2) is 48.9 Å². The van der Waals surface area contributed by atoms with Gasteiger partial charge in [0.15, 0.2) is 17.1 Å². The van der Waals surface area contributed by atoms with Crippen LogP contribution in [0.1, 0.15) is 0 Å². The fourth-order valence-electron chi connectivity index (χ4n) is 2.95. The van der Waals surface area contributed by atoms with E-state index in [2.05, 4.69) is 20.2 Å². The lowest BCUT2D eigenvalue weighted by Gasteiger charge is -2.04. The first-order valence-corrected chi connectivity index (χ1v) is 8.84. The van der Waals surface area contributed by atoms with E-state index in [0.717, 1.165) is 0 Å². The molecule has 2 aromatic carbocycles. The summed E-state index contributed by atoms with van der Waals surface area (Å²) in [5, 5.41) is 29.8. The van der Waals surface area contributed by atoms with Crippen molar-refractivity contribution in [3.05, 3.63) is 59.0 Å². The van der Waals surface area contributed by atoms with Gasteiger partial charge in [-0.2, -0.15) is 5.10 Å². The maximum Gasteiger partial charge on any atom is 0.185 e. The van der Waals surface area contributed by atoms with Crippen molar-refractivity contribution in [3.63, 3.8) is 0 Å². The number of benzene rings is 2. The highest BCUT2D eigenvalue weighted by molar-refractivity contribution is 6.42. The normalized spacial score (nSPS) is 11.5. The second-order valence-corrected chi connectivity index (χ2v) is 6.86. The molecule has 5 aromatic rings. The van der Waals surface area contributed by atoms with Gasteiger partial charge in [0.05, 0.1) is 32.9 Å². The number of fused-ring (bicyclic) bond motifs is 3. The molecule has 10 heteroatoms. The molecule has 3 heterocycles. The summed E-state index contributed by atoms with van der Waals surface area (Å²) in [6, 6.07) is 9.41. The third kappa shape index (κ3) is 2.54. The molecule has 2 N–H and O–H groups in total. The summed E-state index contributed by atoms with van der Waals surface area (Å²) in [5.74, 6) is 0.137. The van der Waals surface area contributed by atoms with E-state index in [-0.39, 0.29) is 11.5 Å². The topological polar surface area (TPSA) is 101 Å². The largest absolute Gasteiger partial charge is 0.508 e. The highest BCUT2D eigenvalue weighted by Crippen LogP contribution is 2.31. The molecule has 0 bridgehead atoms. The molecule has 138 valence electrons. The Hall–Kier alpha value is -3.36. The summed E-state index contributed by atoms with van der Waals surface area (Å²) in [4.78, 5) is 8.93. The number of halogens is 2. The molecule has 0 atom stereocenters. The number of hydrogen-bond acceptors (Lipinski definition) is 6. The molecule has 8 nitrogen and oxygen atoms in total. The van der Waals surface area contributed by atoms with Crippen molar-refractivity contribution in [2.75, 3.05) is 0 Å². The Bertz CT molecular complexity index is 1380. The minimum Gasteiger partial charge on any atom is -0.508 e. The van der Waals surface area contributed by atoms with Gasteiger partial charge in [0.2, 0.25) is 0 Å². The molecule has 0 amide bonds. The third-order valence-corrected chi connectivity index (χ3v) is 5.01. The molecule has 0 saturated heterocycles. The molecule has 0 saturated carbocycles. The monoisotopic (exact) mass is 412 g/mol. The van der Waals surface area contributed by atoms with Crippen LogP contribution in [0.3, 0.4) is 0 Å². The van der Waals surface area contributed by atoms with Crippen LogP contribution in [0, 0.1) is 0 Å². The smallest absolute Gasteiger partial charge is 0.185 e. The Labute approximate surface area is 167 Å². The Morgan fingerprint density at radius 1 is 0.929 bits per heavy atom. The molecule has 0 unspecified atom stereocenters. The maximum atomic E-state index is 10.1. The van der Waals surface area contributed by atoms with Gasteiger partial charge in [0, 0.05) is 6.07 Å². The van der Waals surface area contributed by atoms with E-state index >= 15 is 0 Å². The van der Waals surface area contributed by atoms with Crippen LogP contribution >= 0.6 is 23.2 Å². The predicted molar refractivity (Wildman–Crippen MR) is 104 cm³/mol. The van der Waals surface area contributed by atoms with Crippen LogP contribution < -0.4 is 0 Å².